The quantitative estimate of drug-likeness (QED) is 0.455. The van der Waals surface area contributed by atoms with Crippen LogP contribution >= 0.6 is 0 Å². The highest BCUT2D eigenvalue weighted by Crippen LogP contribution is 2.22. The van der Waals surface area contributed by atoms with Gasteiger partial charge in [-0.05, 0) is 23.5 Å². The predicted molar refractivity (Wildman–Crippen MR) is 82.9 cm³/mol. The van der Waals surface area contributed by atoms with Crippen molar-refractivity contribution < 1.29 is 0 Å². The molecule has 0 aliphatic heterocycles. The van der Waals surface area contributed by atoms with E-state index in [1.165, 1.54) is 56.1 Å². The van der Waals surface area contributed by atoms with Gasteiger partial charge in [0.05, 0.1) is 0 Å². The summed E-state index contributed by atoms with van der Waals surface area (Å²) in [6, 6.07) is 8.83. The predicted octanol–water partition coefficient (Wildman–Crippen LogP) is 6.18. The summed E-state index contributed by atoms with van der Waals surface area (Å²) in [5, 5.41) is 0. The van der Waals surface area contributed by atoms with Crippen molar-refractivity contribution in [3.63, 3.8) is 0 Å². The first-order valence-corrected chi connectivity index (χ1v) is 7.50. The van der Waals surface area contributed by atoms with Crippen LogP contribution in [0.4, 0.5) is 0 Å². The van der Waals surface area contributed by atoms with Crippen molar-refractivity contribution in [3.8, 4) is 0 Å². The van der Waals surface area contributed by atoms with Crippen LogP contribution in [0.5, 0.6) is 0 Å². The van der Waals surface area contributed by atoms with Crippen molar-refractivity contribution in [2.75, 3.05) is 0 Å². The molecule has 0 amide bonds. The average Bonchev–Trinajstić information content (AvgIpc) is 2.42. The lowest BCUT2D eigenvalue weighted by atomic mass is 9.94. The topological polar surface area (TPSA) is 0 Å². The third-order valence-corrected chi connectivity index (χ3v) is 3.73. The molecular formula is C18H28. The molecule has 0 fully saturated rings. The molecule has 0 aliphatic rings. The molecule has 18 heavy (non-hydrogen) atoms. The second kappa shape index (κ2) is 8.97. The van der Waals surface area contributed by atoms with E-state index in [1.54, 1.807) is 0 Å². The fourth-order valence-corrected chi connectivity index (χ4v) is 2.36. The Labute approximate surface area is 113 Å². The Morgan fingerprint density at radius 3 is 2.22 bits per heavy atom. The van der Waals surface area contributed by atoms with Gasteiger partial charge in [-0.15, -0.1) is 0 Å². The van der Waals surface area contributed by atoms with Crippen LogP contribution in [0, 0.1) is 0 Å². The van der Waals surface area contributed by atoms with Crippen molar-refractivity contribution in [2.24, 2.45) is 0 Å². The Hall–Kier alpha value is -1.04. The molecule has 0 heteroatoms. The zero-order chi connectivity index (χ0) is 13.2. The minimum Gasteiger partial charge on any atom is -0.0985 e. The Morgan fingerprint density at radius 2 is 1.61 bits per heavy atom. The molecule has 0 radical (unpaired) electrons. The fourth-order valence-electron chi connectivity index (χ4n) is 2.36. The van der Waals surface area contributed by atoms with Crippen LogP contribution in [0.25, 0.3) is 6.08 Å². The zero-order valence-electron chi connectivity index (χ0n) is 12.1. The fraction of sp³-hybridized carbons (Fsp3) is 0.556. The first kappa shape index (κ1) is 15.0. The van der Waals surface area contributed by atoms with Gasteiger partial charge in [-0.25, -0.2) is 0 Å². The molecule has 100 valence electrons. The molecule has 0 saturated heterocycles. The summed E-state index contributed by atoms with van der Waals surface area (Å²) in [5.41, 5.74) is 2.68. The summed E-state index contributed by atoms with van der Waals surface area (Å²) in [6.45, 7) is 8.41. The van der Waals surface area contributed by atoms with Gasteiger partial charge in [-0.2, -0.15) is 0 Å². The summed E-state index contributed by atoms with van der Waals surface area (Å²) in [6.07, 6.45) is 11.6. The van der Waals surface area contributed by atoms with E-state index in [4.69, 9.17) is 0 Å². The molecule has 0 aromatic heterocycles. The van der Waals surface area contributed by atoms with Gasteiger partial charge in [0.1, 0.15) is 0 Å². The standard InChI is InChI=1S/C18H28/c1-4-6-7-8-9-10-11-16(3)18-14-12-17(5-2)13-15-18/h5,12-16H,2,4,6-11H2,1,3H3. The van der Waals surface area contributed by atoms with Crippen molar-refractivity contribution in [2.45, 2.75) is 64.7 Å². The second-order valence-electron chi connectivity index (χ2n) is 5.33. The summed E-state index contributed by atoms with van der Waals surface area (Å²) in [7, 11) is 0. The van der Waals surface area contributed by atoms with Crippen LogP contribution < -0.4 is 0 Å². The average molecular weight is 244 g/mol. The largest absolute Gasteiger partial charge is 0.0985 e. The van der Waals surface area contributed by atoms with Crippen LogP contribution in [0.2, 0.25) is 0 Å². The zero-order valence-corrected chi connectivity index (χ0v) is 12.1. The van der Waals surface area contributed by atoms with Crippen molar-refractivity contribution in [1.82, 2.24) is 0 Å². The lowest BCUT2D eigenvalue weighted by Gasteiger charge is -2.12. The lowest BCUT2D eigenvalue weighted by Crippen LogP contribution is -1.93. The molecule has 1 aromatic rings. The van der Waals surface area contributed by atoms with E-state index in [1.807, 2.05) is 6.08 Å². The number of hydrogen-bond acceptors (Lipinski definition) is 0. The first-order valence-electron chi connectivity index (χ1n) is 7.50. The van der Waals surface area contributed by atoms with E-state index in [-0.39, 0.29) is 0 Å². The molecule has 1 atom stereocenters. The minimum atomic E-state index is 0.690. The lowest BCUT2D eigenvalue weighted by molar-refractivity contribution is 0.557. The molecule has 0 nitrogen and oxygen atoms in total. The summed E-state index contributed by atoms with van der Waals surface area (Å²) < 4.78 is 0. The van der Waals surface area contributed by atoms with Crippen LogP contribution in [0.1, 0.15) is 75.8 Å². The summed E-state index contributed by atoms with van der Waals surface area (Å²) in [4.78, 5) is 0. The van der Waals surface area contributed by atoms with Crippen LogP contribution in [-0.4, -0.2) is 0 Å². The molecule has 0 saturated carbocycles. The highest BCUT2D eigenvalue weighted by molar-refractivity contribution is 5.47. The Morgan fingerprint density at radius 1 is 1.00 bits per heavy atom. The maximum atomic E-state index is 3.79. The molecule has 0 spiro atoms. The molecular weight excluding hydrogens is 216 g/mol. The van der Waals surface area contributed by atoms with Gasteiger partial charge < -0.3 is 0 Å². The van der Waals surface area contributed by atoms with E-state index in [9.17, 15) is 0 Å². The Bertz CT molecular complexity index is 320. The molecule has 0 bridgehead atoms. The van der Waals surface area contributed by atoms with Crippen molar-refractivity contribution in [3.05, 3.63) is 42.0 Å². The third-order valence-electron chi connectivity index (χ3n) is 3.73. The van der Waals surface area contributed by atoms with Gasteiger partial charge in [0.2, 0.25) is 0 Å². The van der Waals surface area contributed by atoms with Crippen molar-refractivity contribution >= 4 is 6.08 Å². The van der Waals surface area contributed by atoms with E-state index in [2.05, 4.69) is 44.7 Å². The molecule has 0 aliphatic carbocycles. The van der Waals surface area contributed by atoms with Crippen LogP contribution in [0.3, 0.4) is 0 Å². The van der Waals surface area contributed by atoms with E-state index in [0.717, 1.165) is 0 Å². The SMILES string of the molecule is C=Cc1ccc(C(C)CCCCCCCC)cc1. The van der Waals surface area contributed by atoms with Gasteiger partial charge in [-0.3, -0.25) is 0 Å². The Kier molecular flexibility index (Phi) is 7.48. The summed E-state index contributed by atoms with van der Waals surface area (Å²) in [5.74, 6) is 0.690. The van der Waals surface area contributed by atoms with Gasteiger partial charge in [0.15, 0.2) is 0 Å². The number of rotatable bonds is 9. The van der Waals surface area contributed by atoms with E-state index >= 15 is 0 Å². The van der Waals surface area contributed by atoms with Gasteiger partial charge in [-0.1, -0.05) is 89.3 Å². The van der Waals surface area contributed by atoms with E-state index < -0.39 is 0 Å². The van der Waals surface area contributed by atoms with Gasteiger partial charge in [0.25, 0.3) is 0 Å². The number of hydrogen-bond donors (Lipinski definition) is 0. The molecule has 1 unspecified atom stereocenters. The molecule has 0 N–H and O–H groups in total. The first-order chi connectivity index (χ1) is 8.77. The normalized spacial score (nSPS) is 12.3. The van der Waals surface area contributed by atoms with Gasteiger partial charge >= 0.3 is 0 Å². The van der Waals surface area contributed by atoms with Crippen molar-refractivity contribution in [1.29, 1.82) is 0 Å². The second-order valence-corrected chi connectivity index (χ2v) is 5.33. The van der Waals surface area contributed by atoms with Crippen LogP contribution in [-0.2, 0) is 0 Å². The van der Waals surface area contributed by atoms with Gasteiger partial charge in [0, 0.05) is 0 Å². The Balaban J connectivity index is 2.23. The number of benzene rings is 1. The molecule has 1 rings (SSSR count). The summed E-state index contributed by atoms with van der Waals surface area (Å²) >= 11 is 0. The monoisotopic (exact) mass is 244 g/mol. The third kappa shape index (κ3) is 5.53. The van der Waals surface area contributed by atoms with E-state index in [0.29, 0.717) is 5.92 Å². The maximum absolute atomic E-state index is 3.79. The highest BCUT2D eigenvalue weighted by atomic mass is 14.1. The smallest absolute Gasteiger partial charge is 0.0190 e. The van der Waals surface area contributed by atoms with Crippen LogP contribution in [0.15, 0.2) is 30.8 Å². The number of unbranched alkanes of at least 4 members (excludes halogenated alkanes) is 5. The highest BCUT2D eigenvalue weighted by Gasteiger charge is 2.04. The maximum Gasteiger partial charge on any atom is -0.0190 e. The molecule has 0 heterocycles. The minimum absolute atomic E-state index is 0.690. The molecule has 1 aromatic carbocycles.